The van der Waals surface area contributed by atoms with E-state index in [1.54, 1.807) is 0 Å². The molecule has 0 radical (unpaired) electrons. The van der Waals surface area contributed by atoms with Crippen molar-refractivity contribution in [3.8, 4) is 0 Å². The van der Waals surface area contributed by atoms with Gasteiger partial charge in [-0.3, -0.25) is 0 Å². The lowest BCUT2D eigenvalue weighted by molar-refractivity contribution is 0.600. The van der Waals surface area contributed by atoms with Crippen LogP contribution in [0.4, 0.5) is 10.1 Å². The SMILES string of the molecule is Cc1ccccc1CNc1cc(S(C)(=O)=O)ccc1F. The Morgan fingerprint density at radius 3 is 2.50 bits per heavy atom. The smallest absolute Gasteiger partial charge is 0.175 e. The van der Waals surface area contributed by atoms with Crippen molar-refractivity contribution in [3.05, 3.63) is 59.4 Å². The molecular formula is C15H16FNO2S. The predicted octanol–water partition coefficient (Wildman–Crippen LogP) is 3.15. The number of hydrogen-bond acceptors (Lipinski definition) is 3. The lowest BCUT2D eigenvalue weighted by Gasteiger charge is -2.11. The van der Waals surface area contributed by atoms with Crippen LogP contribution in [0.15, 0.2) is 47.4 Å². The van der Waals surface area contributed by atoms with E-state index in [1.165, 1.54) is 12.1 Å². The number of benzene rings is 2. The minimum absolute atomic E-state index is 0.103. The third kappa shape index (κ3) is 3.36. The monoisotopic (exact) mass is 293 g/mol. The maximum absolute atomic E-state index is 13.7. The van der Waals surface area contributed by atoms with E-state index in [1.807, 2.05) is 31.2 Å². The Bertz CT molecular complexity index is 726. The number of sulfone groups is 1. The number of aryl methyl sites for hydroxylation is 1. The number of anilines is 1. The zero-order valence-electron chi connectivity index (χ0n) is 11.4. The van der Waals surface area contributed by atoms with Crippen LogP contribution in [0.5, 0.6) is 0 Å². The highest BCUT2D eigenvalue weighted by Crippen LogP contribution is 2.20. The van der Waals surface area contributed by atoms with E-state index in [2.05, 4.69) is 5.32 Å². The number of hydrogen-bond donors (Lipinski definition) is 1. The molecule has 0 bridgehead atoms. The van der Waals surface area contributed by atoms with Gasteiger partial charge in [-0.2, -0.15) is 0 Å². The summed E-state index contributed by atoms with van der Waals surface area (Å²) >= 11 is 0. The molecule has 0 amide bonds. The van der Waals surface area contributed by atoms with Crippen molar-refractivity contribution in [1.82, 2.24) is 0 Å². The molecule has 0 saturated carbocycles. The summed E-state index contributed by atoms with van der Waals surface area (Å²) in [6, 6.07) is 11.5. The van der Waals surface area contributed by atoms with Crippen molar-refractivity contribution < 1.29 is 12.8 Å². The molecule has 2 aromatic carbocycles. The van der Waals surface area contributed by atoms with E-state index < -0.39 is 15.7 Å². The molecular weight excluding hydrogens is 277 g/mol. The highest BCUT2D eigenvalue weighted by atomic mass is 32.2. The Hall–Kier alpha value is -1.88. The molecule has 20 heavy (non-hydrogen) atoms. The van der Waals surface area contributed by atoms with E-state index in [4.69, 9.17) is 0 Å². The summed E-state index contributed by atoms with van der Waals surface area (Å²) in [4.78, 5) is 0.103. The molecule has 5 heteroatoms. The fourth-order valence-corrected chi connectivity index (χ4v) is 2.52. The van der Waals surface area contributed by atoms with Crippen LogP contribution in [0.25, 0.3) is 0 Å². The zero-order chi connectivity index (χ0) is 14.8. The second-order valence-corrected chi connectivity index (χ2v) is 6.71. The van der Waals surface area contributed by atoms with Crippen LogP contribution in [-0.4, -0.2) is 14.7 Å². The zero-order valence-corrected chi connectivity index (χ0v) is 12.2. The van der Waals surface area contributed by atoms with Crippen LogP contribution >= 0.6 is 0 Å². The highest BCUT2D eigenvalue weighted by Gasteiger charge is 2.11. The summed E-state index contributed by atoms with van der Waals surface area (Å²) in [7, 11) is -3.34. The predicted molar refractivity (Wildman–Crippen MR) is 78.0 cm³/mol. The Balaban J connectivity index is 2.24. The van der Waals surface area contributed by atoms with Crippen LogP contribution in [-0.2, 0) is 16.4 Å². The normalized spacial score (nSPS) is 11.3. The lowest BCUT2D eigenvalue weighted by atomic mass is 10.1. The topological polar surface area (TPSA) is 46.2 Å². The molecule has 2 aromatic rings. The van der Waals surface area contributed by atoms with Crippen molar-refractivity contribution in [3.63, 3.8) is 0 Å². The first kappa shape index (κ1) is 14.5. The average Bonchev–Trinajstić information content (AvgIpc) is 2.38. The Morgan fingerprint density at radius 1 is 1.15 bits per heavy atom. The second-order valence-electron chi connectivity index (χ2n) is 4.69. The van der Waals surface area contributed by atoms with Gasteiger partial charge in [0.1, 0.15) is 5.82 Å². The van der Waals surface area contributed by atoms with E-state index in [-0.39, 0.29) is 10.6 Å². The van der Waals surface area contributed by atoms with Gasteiger partial charge in [0.05, 0.1) is 10.6 Å². The summed E-state index contributed by atoms with van der Waals surface area (Å²) in [6.45, 7) is 2.41. The van der Waals surface area contributed by atoms with Crippen LogP contribution in [0.3, 0.4) is 0 Å². The molecule has 0 aliphatic carbocycles. The van der Waals surface area contributed by atoms with Crippen LogP contribution in [0.1, 0.15) is 11.1 Å². The standard InChI is InChI=1S/C15H16FNO2S/c1-11-5-3-4-6-12(11)10-17-15-9-13(20(2,18)19)7-8-14(15)16/h3-9,17H,10H2,1-2H3. The van der Waals surface area contributed by atoms with Gasteiger partial charge in [-0.05, 0) is 36.2 Å². The quantitative estimate of drug-likeness (QED) is 0.881. The van der Waals surface area contributed by atoms with Crippen molar-refractivity contribution in [2.24, 2.45) is 0 Å². The van der Waals surface area contributed by atoms with Gasteiger partial charge in [0.15, 0.2) is 9.84 Å². The summed E-state index contributed by atoms with van der Waals surface area (Å²) in [5.41, 5.74) is 2.33. The first-order valence-corrected chi connectivity index (χ1v) is 8.05. The van der Waals surface area contributed by atoms with Crippen LogP contribution in [0, 0.1) is 12.7 Å². The Labute approximate surface area is 118 Å². The van der Waals surface area contributed by atoms with Gasteiger partial charge in [0.25, 0.3) is 0 Å². The van der Waals surface area contributed by atoms with Gasteiger partial charge >= 0.3 is 0 Å². The van der Waals surface area contributed by atoms with Gasteiger partial charge in [-0.15, -0.1) is 0 Å². The molecule has 0 spiro atoms. The first-order valence-electron chi connectivity index (χ1n) is 6.16. The van der Waals surface area contributed by atoms with E-state index in [9.17, 15) is 12.8 Å². The molecule has 0 unspecified atom stereocenters. The van der Waals surface area contributed by atoms with Crippen LogP contribution < -0.4 is 5.32 Å². The van der Waals surface area contributed by atoms with Gasteiger partial charge in [0, 0.05) is 12.8 Å². The minimum atomic E-state index is -3.34. The fraction of sp³-hybridized carbons (Fsp3) is 0.200. The van der Waals surface area contributed by atoms with E-state index >= 15 is 0 Å². The van der Waals surface area contributed by atoms with Crippen molar-refractivity contribution >= 4 is 15.5 Å². The summed E-state index contributed by atoms with van der Waals surface area (Å²) in [5, 5.41) is 2.94. The fourth-order valence-electron chi connectivity index (χ4n) is 1.87. The highest BCUT2D eigenvalue weighted by molar-refractivity contribution is 7.90. The largest absolute Gasteiger partial charge is 0.379 e. The number of rotatable bonds is 4. The second kappa shape index (κ2) is 5.63. The van der Waals surface area contributed by atoms with E-state index in [0.29, 0.717) is 6.54 Å². The molecule has 3 nitrogen and oxygen atoms in total. The molecule has 0 aliphatic rings. The van der Waals surface area contributed by atoms with Gasteiger partial charge in [-0.25, -0.2) is 12.8 Å². The van der Waals surface area contributed by atoms with Crippen LogP contribution in [0.2, 0.25) is 0 Å². The first-order chi connectivity index (χ1) is 9.38. The molecule has 0 heterocycles. The lowest BCUT2D eigenvalue weighted by Crippen LogP contribution is -2.05. The summed E-state index contributed by atoms with van der Waals surface area (Å²) < 4.78 is 36.7. The Morgan fingerprint density at radius 2 is 1.85 bits per heavy atom. The third-order valence-electron chi connectivity index (χ3n) is 3.10. The van der Waals surface area contributed by atoms with Crippen molar-refractivity contribution in [1.29, 1.82) is 0 Å². The van der Waals surface area contributed by atoms with Gasteiger partial charge in [0.2, 0.25) is 0 Å². The molecule has 106 valence electrons. The molecule has 2 rings (SSSR count). The summed E-state index contributed by atoms with van der Waals surface area (Å²) in [5.74, 6) is -0.467. The average molecular weight is 293 g/mol. The summed E-state index contributed by atoms with van der Waals surface area (Å²) in [6.07, 6.45) is 1.10. The molecule has 0 atom stereocenters. The molecule has 0 fully saturated rings. The molecule has 0 saturated heterocycles. The molecule has 0 aromatic heterocycles. The molecule has 1 N–H and O–H groups in total. The van der Waals surface area contributed by atoms with Crippen molar-refractivity contribution in [2.75, 3.05) is 11.6 Å². The minimum Gasteiger partial charge on any atom is -0.379 e. The number of nitrogens with one attached hydrogen (secondary N) is 1. The third-order valence-corrected chi connectivity index (χ3v) is 4.21. The number of halogens is 1. The Kier molecular flexibility index (Phi) is 4.09. The maximum Gasteiger partial charge on any atom is 0.175 e. The molecule has 0 aliphatic heterocycles. The van der Waals surface area contributed by atoms with E-state index in [0.717, 1.165) is 23.4 Å². The maximum atomic E-state index is 13.7. The van der Waals surface area contributed by atoms with Gasteiger partial charge < -0.3 is 5.32 Å². The van der Waals surface area contributed by atoms with Gasteiger partial charge in [-0.1, -0.05) is 24.3 Å². The van der Waals surface area contributed by atoms with Crippen molar-refractivity contribution in [2.45, 2.75) is 18.4 Å².